The summed E-state index contributed by atoms with van der Waals surface area (Å²) in [5.74, 6) is -1.97. The molecule has 0 aliphatic heterocycles. The lowest BCUT2D eigenvalue weighted by Crippen LogP contribution is -2.40. The molecule has 9 nitrogen and oxygen atoms in total. The zero-order chi connectivity index (χ0) is 73.2. The predicted octanol–water partition coefficient (Wildman–Crippen LogP) is 28.7. The number of carboxylic acid groups (broad SMARTS) is 1. The van der Waals surface area contributed by atoms with Crippen LogP contribution in [0.25, 0.3) is 0 Å². The first kappa shape index (κ1) is 97.7. The molecule has 0 bridgehead atoms. The maximum atomic E-state index is 13.0. The van der Waals surface area contributed by atoms with E-state index in [0.717, 1.165) is 77.0 Å². The monoisotopic (exact) mass is 1420 g/mol. The molecule has 0 amide bonds. The number of carboxylic acids is 1. The van der Waals surface area contributed by atoms with E-state index in [1.165, 1.54) is 334 Å². The average molecular weight is 1420 g/mol. The van der Waals surface area contributed by atoms with E-state index in [2.05, 4.69) is 86.8 Å². The van der Waals surface area contributed by atoms with E-state index >= 15 is 0 Å². The number of aliphatic carboxylic acids is 1. The van der Waals surface area contributed by atoms with Crippen LogP contribution in [0.5, 0.6) is 0 Å². The van der Waals surface area contributed by atoms with Gasteiger partial charge in [0.05, 0.1) is 34.4 Å². The summed E-state index contributed by atoms with van der Waals surface area (Å²) in [4.78, 5) is 37.8. The minimum Gasteiger partial charge on any atom is -0.477 e. The molecule has 1 N–H and O–H groups in total. The second-order valence-electron chi connectivity index (χ2n) is 31.2. The fraction of sp³-hybridized carbons (Fsp3) is 0.837. The Hall–Kier alpha value is -3.27. The van der Waals surface area contributed by atoms with Crippen LogP contribution in [-0.4, -0.2) is 87.4 Å². The minimum atomic E-state index is -1.51. The van der Waals surface area contributed by atoms with Gasteiger partial charge < -0.3 is 28.5 Å². The number of allylic oxidation sites excluding steroid dienone is 12. The Morgan fingerprint density at radius 2 is 0.564 bits per heavy atom. The summed E-state index contributed by atoms with van der Waals surface area (Å²) in [6.07, 6.45) is 110. The van der Waals surface area contributed by atoms with Gasteiger partial charge in [0.15, 0.2) is 6.10 Å². The Morgan fingerprint density at radius 3 is 0.842 bits per heavy atom. The molecule has 0 aliphatic carbocycles. The minimum absolute atomic E-state index is 0.177. The molecule has 0 heterocycles. The van der Waals surface area contributed by atoms with E-state index in [9.17, 15) is 19.5 Å². The van der Waals surface area contributed by atoms with Gasteiger partial charge in [0, 0.05) is 12.8 Å². The molecule has 0 aliphatic rings. The number of quaternary nitrogens is 1. The summed E-state index contributed by atoms with van der Waals surface area (Å²) >= 11 is 0. The van der Waals surface area contributed by atoms with Crippen molar-refractivity contribution in [2.75, 3.05) is 47.5 Å². The van der Waals surface area contributed by atoms with E-state index in [1.807, 2.05) is 21.1 Å². The Balaban J connectivity index is 3.92. The van der Waals surface area contributed by atoms with Crippen molar-refractivity contribution < 1.29 is 42.9 Å². The first-order chi connectivity index (χ1) is 49.6. The van der Waals surface area contributed by atoms with Crippen molar-refractivity contribution in [3.63, 3.8) is 0 Å². The molecule has 0 spiro atoms. The highest BCUT2D eigenvalue weighted by Crippen LogP contribution is 2.21. The number of likely N-dealkylation sites (N-methyl/N-ethyl adjacent to an activating group) is 1. The number of hydrogen-bond donors (Lipinski definition) is 1. The van der Waals surface area contributed by atoms with Crippen molar-refractivity contribution in [1.82, 2.24) is 0 Å². The summed E-state index contributed by atoms with van der Waals surface area (Å²) < 4.78 is 23.1. The molecule has 0 saturated carbocycles. The Bertz CT molecular complexity index is 1900. The van der Waals surface area contributed by atoms with Crippen molar-refractivity contribution in [2.45, 2.75) is 450 Å². The third-order valence-corrected chi connectivity index (χ3v) is 20.0. The molecule has 2 unspecified atom stereocenters. The molecular formula is C92H170NO8+. The molecule has 101 heavy (non-hydrogen) atoms. The molecule has 9 heteroatoms. The third kappa shape index (κ3) is 83.9. The second-order valence-corrected chi connectivity index (χ2v) is 31.2. The number of carbonyl (C=O) groups excluding carboxylic acids is 2. The highest BCUT2D eigenvalue weighted by Gasteiger charge is 2.25. The van der Waals surface area contributed by atoms with Crippen LogP contribution < -0.4 is 0 Å². The number of esters is 2. The van der Waals surface area contributed by atoms with Gasteiger partial charge in [0.2, 0.25) is 0 Å². The van der Waals surface area contributed by atoms with E-state index < -0.39 is 18.4 Å². The lowest BCUT2D eigenvalue weighted by Gasteiger charge is -2.25. The van der Waals surface area contributed by atoms with Crippen LogP contribution in [0.15, 0.2) is 72.9 Å². The lowest BCUT2D eigenvalue weighted by molar-refractivity contribution is -0.870. The van der Waals surface area contributed by atoms with Crippen molar-refractivity contribution >= 4 is 17.9 Å². The van der Waals surface area contributed by atoms with Crippen LogP contribution in [0.4, 0.5) is 0 Å². The van der Waals surface area contributed by atoms with Crippen LogP contribution >= 0.6 is 0 Å². The van der Waals surface area contributed by atoms with Crippen LogP contribution in [0.1, 0.15) is 438 Å². The van der Waals surface area contributed by atoms with Crippen LogP contribution in [0, 0.1) is 0 Å². The Morgan fingerprint density at radius 1 is 0.307 bits per heavy atom. The third-order valence-electron chi connectivity index (χ3n) is 20.0. The van der Waals surface area contributed by atoms with E-state index in [-0.39, 0.29) is 38.2 Å². The van der Waals surface area contributed by atoms with Crippen LogP contribution in [-0.2, 0) is 33.3 Å². The van der Waals surface area contributed by atoms with Gasteiger partial charge in [0.25, 0.3) is 6.29 Å². The molecule has 0 saturated heterocycles. The average Bonchev–Trinajstić information content (AvgIpc) is 1.21. The molecule has 0 aromatic rings. The fourth-order valence-corrected chi connectivity index (χ4v) is 13.3. The molecule has 590 valence electrons. The largest absolute Gasteiger partial charge is 0.477 e. The fourth-order valence-electron chi connectivity index (χ4n) is 13.3. The van der Waals surface area contributed by atoms with Gasteiger partial charge in [-0.3, -0.25) is 9.59 Å². The van der Waals surface area contributed by atoms with Crippen LogP contribution in [0.3, 0.4) is 0 Å². The first-order valence-electron chi connectivity index (χ1n) is 44.1. The van der Waals surface area contributed by atoms with Gasteiger partial charge in [-0.15, -0.1) is 0 Å². The van der Waals surface area contributed by atoms with E-state index in [1.54, 1.807) is 0 Å². The zero-order valence-electron chi connectivity index (χ0n) is 67.8. The van der Waals surface area contributed by atoms with Crippen molar-refractivity contribution in [3.05, 3.63) is 72.9 Å². The predicted molar refractivity (Wildman–Crippen MR) is 438 cm³/mol. The number of carbonyl (C=O) groups is 3. The van der Waals surface area contributed by atoms with Gasteiger partial charge in [0.1, 0.15) is 13.2 Å². The summed E-state index contributed by atoms with van der Waals surface area (Å²) in [7, 11) is 6.00. The smallest absolute Gasteiger partial charge is 0.361 e. The maximum absolute atomic E-state index is 13.0. The van der Waals surface area contributed by atoms with Gasteiger partial charge in [-0.1, -0.05) is 433 Å². The number of ether oxygens (including phenoxy) is 4. The van der Waals surface area contributed by atoms with Gasteiger partial charge in [-0.25, -0.2) is 4.79 Å². The van der Waals surface area contributed by atoms with Crippen molar-refractivity contribution in [2.24, 2.45) is 0 Å². The molecule has 0 radical (unpaired) electrons. The molecule has 2 atom stereocenters. The second kappa shape index (κ2) is 82.4. The number of hydrogen-bond acceptors (Lipinski definition) is 7. The van der Waals surface area contributed by atoms with Gasteiger partial charge >= 0.3 is 17.9 Å². The molecular weight excluding hydrogens is 1250 g/mol. The number of unbranched alkanes of at least 4 members (excludes halogenated alkanes) is 56. The first-order valence-corrected chi connectivity index (χ1v) is 44.1. The molecule has 0 aromatic carbocycles. The highest BCUT2D eigenvalue weighted by molar-refractivity contribution is 5.71. The molecule has 0 aromatic heterocycles. The normalized spacial score (nSPS) is 12.9. The topological polar surface area (TPSA) is 108 Å². The quantitative estimate of drug-likeness (QED) is 0.0211. The molecule has 0 rings (SSSR count). The number of nitrogens with zero attached hydrogens (tertiary/aromatic N) is 1. The summed E-state index contributed by atoms with van der Waals surface area (Å²) in [6.45, 7) is 4.84. The summed E-state index contributed by atoms with van der Waals surface area (Å²) in [6, 6.07) is 0. The molecule has 0 fully saturated rings. The Labute approximate surface area is 628 Å². The lowest BCUT2D eigenvalue weighted by atomic mass is 10.0. The highest BCUT2D eigenvalue weighted by atomic mass is 16.7. The van der Waals surface area contributed by atoms with Gasteiger partial charge in [-0.2, -0.15) is 0 Å². The maximum Gasteiger partial charge on any atom is 0.361 e. The van der Waals surface area contributed by atoms with E-state index in [0.29, 0.717) is 17.4 Å². The number of rotatable bonds is 83. The SMILES string of the molecule is CC/C=C\C/C=C\C/C=C\C/C=C\C/C=C\C/C=C\CCCCCCCCCCCCCCCCCCCCCCC(=O)OC(COC(=O)CCCCCCCCCCCCCCCCCCCCCCCCCCCCCCCCCCCCCCC)COC(OCC[N+](C)(C)C)C(=O)O. The van der Waals surface area contributed by atoms with E-state index in [4.69, 9.17) is 18.9 Å². The summed E-state index contributed by atoms with van der Waals surface area (Å²) in [5.41, 5.74) is 0. The Kier molecular flexibility index (Phi) is 79.7. The van der Waals surface area contributed by atoms with Crippen molar-refractivity contribution in [1.29, 1.82) is 0 Å². The van der Waals surface area contributed by atoms with Gasteiger partial charge in [-0.05, 0) is 64.2 Å². The summed E-state index contributed by atoms with van der Waals surface area (Å²) in [5, 5.41) is 9.79. The standard InChI is InChI=1S/C92H169NO8/c1-6-8-10-12-14-16-18-20-22-24-26-28-30-32-34-36-38-40-42-44-45-47-49-51-53-55-57-59-61-63-65-67-69-71-73-75-77-79-81-83-90(95)101-88(87-100-92(91(96)97)98-85-84-93(3,4)5)86-99-89(94)82-80-78-76-74-72-70-68-66-64-62-60-58-56-54-52-50-48-46-43-41-39-37-35-33-31-29-27-25-23-21-19-17-15-13-11-9-7-2/h8,10,14,16,20,22,26,28,32,34,38,40,88,92H,6-7,9,11-13,15,17-19,21,23-25,27,29-31,33,35-37,39,41-87H2,1-5H3/p+1/b10-8-,16-14-,22-20-,28-26-,34-32-,40-38-. The van der Waals surface area contributed by atoms with Crippen molar-refractivity contribution in [3.8, 4) is 0 Å². The zero-order valence-corrected chi connectivity index (χ0v) is 67.8. The van der Waals surface area contributed by atoms with Crippen LogP contribution in [0.2, 0.25) is 0 Å².